The second kappa shape index (κ2) is 6.13. The Labute approximate surface area is 156 Å². The van der Waals surface area contributed by atoms with E-state index in [-0.39, 0.29) is 11.0 Å². The van der Waals surface area contributed by atoms with Crippen LogP contribution in [0.3, 0.4) is 0 Å². The summed E-state index contributed by atoms with van der Waals surface area (Å²) in [5.41, 5.74) is 3.70. The molecule has 4 rings (SSSR count). The van der Waals surface area contributed by atoms with Crippen molar-refractivity contribution in [1.29, 1.82) is 0 Å². The zero-order valence-corrected chi connectivity index (χ0v) is 16.1. The highest BCUT2D eigenvalue weighted by molar-refractivity contribution is 7.98. The fourth-order valence-corrected chi connectivity index (χ4v) is 4.41. The van der Waals surface area contributed by atoms with E-state index in [0.717, 1.165) is 29.7 Å². The summed E-state index contributed by atoms with van der Waals surface area (Å²) >= 11 is 1.46. The first-order chi connectivity index (χ1) is 12.5. The summed E-state index contributed by atoms with van der Waals surface area (Å²) < 4.78 is 3.41. The minimum atomic E-state index is -0.231. The predicted molar refractivity (Wildman–Crippen MR) is 106 cm³/mol. The quantitative estimate of drug-likeness (QED) is 0.522. The zero-order valence-electron chi connectivity index (χ0n) is 15.3. The van der Waals surface area contributed by atoms with Crippen molar-refractivity contribution in [2.45, 2.75) is 43.8 Å². The molecule has 0 aliphatic heterocycles. The minimum absolute atomic E-state index is 0.00325. The lowest BCUT2D eigenvalue weighted by atomic mass is 9.69. The Morgan fingerprint density at radius 3 is 2.85 bits per heavy atom. The van der Waals surface area contributed by atoms with Crippen molar-refractivity contribution < 1.29 is 0 Å². The molecule has 0 N–H and O–H groups in total. The van der Waals surface area contributed by atoms with E-state index in [2.05, 4.69) is 43.7 Å². The minimum Gasteiger partial charge on any atom is -0.268 e. The third-order valence-electron chi connectivity index (χ3n) is 5.42. The molecule has 1 aliphatic carbocycles. The molecule has 1 atom stereocenters. The van der Waals surface area contributed by atoms with E-state index >= 15 is 0 Å². The first-order valence-electron chi connectivity index (χ1n) is 8.81. The van der Waals surface area contributed by atoms with Gasteiger partial charge >= 0.3 is 0 Å². The summed E-state index contributed by atoms with van der Waals surface area (Å²) in [4.78, 5) is 18.5. The summed E-state index contributed by atoms with van der Waals surface area (Å²) in [5.74, 6) is 0.577. The highest BCUT2D eigenvalue weighted by Crippen LogP contribution is 2.42. The van der Waals surface area contributed by atoms with Crippen LogP contribution in [0, 0.1) is 0 Å². The summed E-state index contributed by atoms with van der Waals surface area (Å²) in [6, 6.07) is 8.27. The van der Waals surface area contributed by atoms with Crippen LogP contribution in [0.1, 0.15) is 31.4 Å². The fourth-order valence-electron chi connectivity index (χ4n) is 3.88. The largest absolute Gasteiger partial charge is 0.268 e. The number of nitrogens with zero attached hydrogens (tertiary/aromatic N) is 4. The van der Waals surface area contributed by atoms with E-state index in [0.29, 0.717) is 17.5 Å². The Morgan fingerprint density at radius 1 is 1.38 bits per heavy atom. The number of thioether (sulfide) groups is 1. The summed E-state index contributed by atoms with van der Waals surface area (Å²) in [7, 11) is 0. The van der Waals surface area contributed by atoms with Crippen molar-refractivity contribution in [1.82, 2.24) is 19.2 Å². The number of allylic oxidation sites excluding steroid dienone is 1. The molecule has 134 valence electrons. The van der Waals surface area contributed by atoms with E-state index in [9.17, 15) is 4.79 Å². The van der Waals surface area contributed by atoms with Crippen LogP contribution >= 0.6 is 11.8 Å². The second-order valence-electron chi connectivity index (χ2n) is 6.98. The number of benzene rings is 1. The standard InChI is InChI=1S/C20H22N4OS/c1-5-11-23-18-21-16-14-10-8-7-9-13(14)12-20(3,6-2)15(16)17(25)24(18)19(22-23)26-4/h5,7-10H,1,6,11-12H2,2-4H3. The van der Waals surface area contributed by atoms with Gasteiger partial charge in [0, 0.05) is 11.0 Å². The van der Waals surface area contributed by atoms with Gasteiger partial charge in [-0.05, 0) is 24.7 Å². The molecule has 0 saturated heterocycles. The molecule has 26 heavy (non-hydrogen) atoms. The Kier molecular flexibility index (Phi) is 4.03. The smallest absolute Gasteiger partial charge is 0.265 e. The summed E-state index contributed by atoms with van der Waals surface area (Å²) in [6.07, 6.45) is 5.44. The number of aromatic nitrogens is 4. The maximum atomic E-state index is 13.6. The van der Waals surface area contributed by atoms with E-state index in [1.165, 1.54) is 17.3 Å². The molecule has 0 amide bonds. The van der Waals surface area contributed by atoms with Crippen LogP contribution in [0.15, 0.2) is 46.9 Å². The van der Waals surface area contributed by atoms with Crippen LogP contribution in [-0.4, -0.2) is 25.4 Å². The molecule has 0 saturated carbocycles. The van der Waals surface area contributed by atoms with Gasteiger partial charge in [-0.15, -0.1) is 11.7 Å². The normalized spacial score (nSPS) is 18.6. The van der Waals surface area contributed by atoms with Gasteiger partial charge in [0.25, 0.3) is 5.56 Å². The molecule has 0 radical (unpaired) electrons. The Morgan fingerprint density at radius 2 is 2.15 bits per heavy atom. The number of hydrogen-bond donors (Lipinski definition) is 0. The van der Waals surface area contributed by atoms with Crippen molar-refractivity contribution in [2.24, 2.45) is 0 Å². The monoisotopic (exact) mass is 366 g/mol. The van der Waals surface area contributed by atoms with Gasteiger partial charge in [0.1, 0.15) is 0 Å². The first-order valence-corrected chi connectivity index (χ1v) is 10.0. The SMILES string of the molecule is C=CCn1nc(SC)n2c(=O)c3c(nc12)-c1ccccc1CC3(C)CC. The molecule has 6 heteroatoms. The van der Waals surface area contributed by atoms with Crippen LogP contribution in [0.25, 0.3) is 17.0 Å². The van der Waals surface area contributed by atoms with Crippen LogP contribution in [0.5, 0.6) is 0 Å². The first kappa shape index (κ1) is 17.1. The zero-order chi connectivity index (χ0) is 18.5. The lowest BCUT2D eigenvalue weighted by molar-refractivity contribution is 0.439. The highest BCUT2D eigenvalue weighted by atomic mass is 32.2. The van der Waals surface area contributed by atoms with Gasteiger partial charge in [0.05, 0.1) is 17.8 Å². The van der Waals surface area contributed by atoms with Crippen molar-refractivity contribution in [3.8, 4) is 11.3 Å². The Bertz CT molecular complexity index is 1080. The van der Waals surface area contributed by atoms with Crippen LogP contribution < -0.4 is 5.56 Å². The van der Waals surface area contributed by atoms with Gasteiger partial charge in [0.15, 0.2) is 5.16 Å². The topological polar surface area (TPSA) is 52.2 Å². The van der Waals surface area contributed by atoms with Crippen LogP contribution in [-0.2, 0) is 18.4 Å². The molecular formula is C20H22N4OS. The van der Waals surface area contributed by atoms with Crippen molar-refractivity contribution in [2.75, 3.05) is 6.26 Å². The van der Waals surface area contributed by atoms with Gasteiger partial charge < -0.3 is 0 Å². The third kappa shape index (κ3) is 2.28. The third-order valence-corrected chi connectivity index (χ3v) is 6.04. The second-order valence-corrected chi connectivity index (χ2v) is 7.75. The molecule has 5 nitrogen and oxygen atoms in total. The summed E-state index contributed by atoms with van der Waals surface area (Å²) in [5, 5.41) is 5.23. The fraction of sp³-hybridized carbons (Fsp3) is 0.350. The van der Waals surface area contributed by atoms with Gasteiger partial charge in [0.2, 0.25) is 5.78 Å². The Balaban J connectivity index is 2.17. The predicted octanol–water partition coefficient (Wildman–Crippen LogP) is 3.69. The summed E-state index contributed by atoms with van der Waals surface area (Å²) in [6.45, 7) is 8.63. The van der Waals surface area contributed by atoms with E-state index < -0.39 is 0 Å². The maximum absolute atomic E-state index is 13.6. The molecule has 2 aromatic heterocycles. The number of rotatable bonds is 4. The molecule has 3 aromatic rings. The van der Waals surface area contributed by atoms with Crippen LogP contribution in [0.2, 0.25) is 0 Å². The highest BCUT2D eigenvalue weighted by Gasteiger charge is 2.38. The molecule has 1 unspecified atom stereocenters. The molecule has 1 aromatic carbocycles. The van der Waals surface area contributed by atoms with Crippen molar-refractivity contribution >= 4 is 17.5 Å². The molecule has 0 spiro atoms. The molecule has 2 heterocycles. The molecule has 0 fully saturated rings. The number of fused-ring (bicyclic) bond motifs is 4. The van der Waals surface area contributed by atoms with Gasteiger partial charge in [-0.1, -0.05) is 56.0 Å². The van der Waals surface area contributed by atoms with E-state index in [4.69, 9.17) is 4.98 Å². The number of hydrogen-bond acceptors (Lipinski definition) is 4. The van der Waals surface area contributed by atoms with E-state index in [1.54, 1.807) is 15.2 Å². The molecule has 1 aliphatic rings. The van der Waals surface area contributed by atoms with Gasteiger partial charge in [-0.3, -0.25) is 4.79 Å². The average Bonchev–Trinajstić information content (AvgIpc) is 3.00. The molecular weight excluding hydrogens is 344 g/mol. The van der Waals surface area contributed by atoms with E-state index in [1.807, 2.05) is 12.3 Å². The van der Waals surface area contributed by atoms with Gasteiger partial charge in [-0.2, -0.15) is 0 Å². The maximum Gasteiger partial charge on any atom is 0.265 e. The lowest BCUT2D eigenvalue weighted by Gasteiger charge is -2.34. The van der Waals surface area contributed by atoms with Crippen LogP contribution in [0.4, 0.5) is 0 Å². The lowest BCUT2D eigenvalue weighted by Crippen LogP contribution is -2.37. The molecule has 0 bridgehead atoms. The van der Waals surface area contributed by atoms with Crippen molar-refractivity contribution in [3.63, 3.8) is 0 Å². The average molecular weight is 366 g/mol. The van der Waals surface area contributed by atoms with Gasteiger partial charge in [-0.25, -0.2) is 14.1 Å². The van der Waals surface area contributed by atoms with Crippen molar-refractivity contribution in [3.05, 3.63) is 58.4 Å². The Hall–Kier alpha value is -2.34.